The molecule has 0 saturated heterocycles. The van der Waals surface area contributed by atoms with E-state index >= 15 is 0 Å². The lowest BCUT2D eigenvalue weighted by Gasteiger charge is -2.21. The van der Waals surface area contributed by atoms with Gasteiger partial charge in [-0.05, 0) is 195 Å². The number of hydrogen-bond donors (Lipinski definition) is 0. The molecule has 4 heterocycles. The fraction of sp³-hybridized carbons (Fsp3) is 0.0667. The molecule has 1 nitrogen and oxygen atoms in total. The van der Waals surface area contributed by atoms with Crippen LogP contribution in [0.3, 0.4) is 0 Å². The van der Waals surface area contributed by atoms with E-state index in [4.69, 9.17) is 4.42 Å². The Morgan fingerprint density at radius 1 is 0.185 bits per heavy atom. The van der Waals surface area contributed by atoms with Crippen molar-refractivity contribution < 1.29 is 4.42 Å². The van der Waals surface area contributed by atoms with Gasteiger partial charge < -0.3 is 4.42 Å². The van der Waals surface area contributed by atoms with Crippen molar-refractivity contribution >= 4 is 192 Å². The summed E-state index contributed by atoms with van der Waals surface area (Å²) >= 11 is 5.73. The Balaban J connectivity index is 0.000000108. The van der Waals surface area contributed by atoms with E-state index in [-0.39, 0.29) is 10.8 Å². The first kappa shape index (κ1) is 74.9. The first-order chi connectivity index (χ1) is 60.8. The van der Waals surface area contributed by atoms with Crippen LogP contribution in [0.25, 0.3) is 236 Å². The normalized spacial score (nSPS) is 12.1. The van der Waals surface area contributed by atoms with Gasteiger partial charge in [0, 0.05) is 88.0 Å². The Morgan fingerprint density at radius 2 is 0.500 bits per heavy atom. The van der Waals surface area contributed by atoms with Gasteiger partial charge in [-0.15, -0.1) is 34.0 Å². The minimum Gasteiger partial charge on any atom is -0.455 e. The van der Waals surface area contributed by atoms with Gasteiger partial charge in [0.25, 0.3) is 0 Å². The van der Waals surface area contributed by atoms with Crippen LogP contribution in [0, 0.1) is 0 Å². The summed E-state index contributed by atoms with van der Waals surface area (Å²) in [5.41, 5.74) is 22.6. The smallest absolute Gasteiger partial charge is 0.143 e. The molecule has 25 rings (SSSR count). The first-order valence-corrected chi connectivity index (χ1v) is 45.4. The van der Waals surface area contributed by atoms with Gasteiger partial charge in [-0.3, -0.25) is 0 Å². The molecule has 0 bridgehead atoms. The molecule has 0 spiro atoms. The fourth-order valence-corrected chi connectivity index (χ4v) is 23.4. The molecule has 0 N–H and O–H groups in total. The summed E-state index contributed by atoms with van der Waals surface area (Å²) < 4.78 is 14.5. The number of benzene rings is 21. The minimum atomic E-state index is 0.134. The summed E-state index contributed by atoms with van der Waals surface area (Å²) in [5, 5.41) is 28.4. The zero-order valence-electron chi connectivity index (χ0n) is 69.7. The number of hydrogen-bond acceptors (Lipinski definition) is 4. The topological polar surface area (TPSA) is 13.1 Å². The molecule has 588 valence electrons. The van der Waals surface area contributed by atoms with Gasteiger partial charge in [0.1, 0.15) is 11.2 Å². The van der Waals surface area contributed by atoms with Crippen LogP contribution < -0.4 is 0 Å². The third-order valence-electron chi connectivity index (χ3n) is 25.7. The van der Waals surface area contributed by atoms with Crippen LogP contribution in [0.15, 0.2) is 405 Å². The van der Waals surface area contributed by atoms with Crippen molar-refractivity contribution in [2.24, 2.45) is 0 Å². The summed E-state index contributed by atoms with van der Waals surface area (Å²) in [7, 11) is 0. The molecule has 0 aliphatic rings. The van der Waals surface area contributed by atoms with Crippen molar-refractivity contribution in [3.8, 4) is 77.9 Å². The molecular weight excluding hydrogens is 1550 g/mol. The lowest BCUT2D eigenvalue weighted by atomic mass is 9.83. The van der Waals surface area contributed by atoms with Gasteiger partial charge in [-0.25, -0.2) is 0 Å². The third-order valence-corrected chi connectivity index (χ3v) is 29.3. The maximum atomic E-state index is 6.35. The van der Waals surface area contributed by atoms with Crippen LogP contribution in [-0.2, 0) is 10.8 Å². The zero-order chi connectivity index (χ0) is 83.1. The molecule has 25 aromatic rings. The van der Waals surface area contributed by atoms with Crippen LogP contribution in [0.2, 0.25) is 0 Å². The van der Waals surface area contributed by atoms with Crippen molar-refractivity contribution in [1.82, 2.24) is 0 Å². The standard InChI is InChI=1S/C42H26O.C42H30S2.C36H28S/c1-2-11-30-26-31(25-20-27(30)10-1)41-36-15-5-3-13-34(36)40(35-14-4-6-16-37(35)41)29-23-21-28(22-24-29)32-17-9-18-38-33-12-7-8-19-39(33)43-42(32)38;1-42(2,3)26-20-22-29-28-21-19-25(23-37(28)43-38(29)24-26)39-30-12-4-6-14-32(30)40(33-15-7-5-13-31(33)39)35-17-10-16-34-27-11-8-9-18-36(27)44-41(34)35;1-36(2,3)24-21-19-23(20-22-24)33-26-12-4-6-14-28(26)34(29-15-7-5-13-27(29)33)31-17-10-16-30-25-11-8-9-18-32(25)37-35(30)31/h1-26H;4-24H,1-3H3;4-22H,1-3H3. The molecule has 21 aromatic carbocycles. The second kappa shape index (κ2) is 29.9. The van der Waals surface area contributed by atoms with E-state index in [0.717, 1.165) is 33.1 Å². The van der Waals surface area contributed by atoms with Crippen LogP contribution in [0.1, 0.15) is 52.7 Å². The maximum absolute atomic E-state index is 6.35. The van der Waals surface area contributed by atoms with E-state index in [9.17, 15) is 0 Å². The number of furan rings is 1. The predicted octanol–water partition coefficient (Wildman–Crippen LogP) is 36.4. The van der Waals surface area contributed by atoms with Gasteiger partial charge in [-0.2, -0.15) is 0 Å². The van der Waals surface area contributed by atoms with Crippen LogP contribution >= 0.6 is 34.0 Å². The lowest BCUT2D eigenvalue weighted by Crippen LogP contribution is -2.10. The third kappa shape index (κ3) is 12.6. The lowest BCUT2D eigenvalue weighted by molar-refractivity contribution is 0.590. The Bertz CT molecular complexity index is 8450. The van der Waals surface area contributed by atoms with E-state index in [0.29, 0.717) is 0 Å². The van der Waals surface area contributed by atoms with E-state index in [1.54, 1.807) is 0 Å². The van der Waals surface area contributed by atoms with Gasteiger partial charge >= 0.3 is 0 Å². The Kier molecular flexibility index (Phi) is 18.1. The van der Waals surface area contributed by atoms with Gasteiger partial charge in [-0.1, -0.05) is 406 Å². The molecule has 4 aromatic heterocycles. The van der Waals surface area contributed by atoms with Crippen molar-refractivity contribution in [2.45, 2.75) is 52.4 Å². The van der Waals surface area contributed by atoms with Crippen LogP contribution in [0.5, 0.6) is 0 Å². The van der Waals surface area contributed by atoms with Gasteiger partial charge in [0.15, 0.2) is 0 Å². The SMILES string of the molecule is CC(C)(C)c1ccc(-c2c3ccccc3c(-c3cccc4c3sc3ccccc34)c3ccccc23)cc1.CC(C)(C)c1ccc2c(c1)sc1cc(-c3c4ccccc4c(-c4cccc5c4sc4ccccc45)c4ccccc34)ccc12.c1ccc2cc(-c3c4ccccc4c(-c4ccc(-c5cccc6c5oc5ccccc56)cc4)c4ccccc34)ccc2c1. The minimum absolute atomic E-state index is 0.134. The highest BCUT2D eigenvalue weighted by Gasteiger charge is 2.26. The number of para-hydroxylation sites is 2. The summed E-state index contributed by atoms with van der Waals surface area (Å²) in [6, 6.07) is 147. The number of rotatable bonds is 7. The second-order valence-corrected chi connectivity index (χ2v) is 38.3. The van der Waals surface area contributed by atoms with Gasteiger partial charge in [0.2, 0.25) is 0 Å². The fourth-order valence-electron chi connectivity index (χ4n) is 19.8. The number of fused-ring (bicyclic) bond motifs is 19. The molecule has 0 aliphatic heterocycles. The average molecular weight is 1640 g/mol. The maximum Gasteiger partial charge on any atom is 0.143 e. The van der Waals surface area contributed by atoms with Crippen molar-refractivity contribution in [2.75, 3.05) is 0 Å². The summed E-state index contributed by atoms with van der Waals surface area (Å²) in [5.74, 6) is 0. The summed E-state index contributed by atoms with van der Waals surface area (Å²) in [4.78, 5) is 0. The Labute approximate surface area is 732 Å². The summed E-state index contributed by atoms with van der Waals surface area (Å²) in [6.45, 7) is 13.7. The molecule has 0 amide bonds. The molecule has 0 radical (unpaired) electrons. The highest BCUT2D eigenvalue weighted by molar-refractivity contribution is 7.27. The molecular formula is C120H84OS3. The monoisotopic (exact) mass is 1640 g/mol. The predicted molar refractivity (Wildman–Crippen MR) is 543 cm³/mol. The van der Waals surface area contributed by atoms with Crippen molar-refractivity contribution in [1.29, 1.82) is 0 Å². The molecule has 0 unspecified atom stereocenters. The van der Waals surface area contributed by atoms with E-state index in [1.165, 1.54) is 214 Å². The highest BCUT2D eigenvalue weighted by atomic mass is 32.1. The van der Waals surface area contributed by atoms with Gasteiger partial charge in [0.05, 0.1) is 0 Å². The Hall–Kier alpha value is -14.1. The Morgan fingerprint density at radius 3 is 0.968 bits per heavy atom. The first-order valence-electron chi connectivity index (χ1n) is 43.0. The second-order valence-electron chi connectivity index (χ2n) is 35.1. The van der Waals surface area contributed by atoms with Crippen LogP contribution in [0.4, 0.5) is 0 Å². The van der Waals surface area contributed by atoms with Crippen LogP contribution in [-0.4, -0.2) is 0 Å². The molecule has 0 saturated carbocycles. The molecule has 124 heavy (non-hydrogen) atoms. The molecule has 0 fully saturated rings. The van der Waals surface area contributed by atoms with Crippen molar-refractivity contribution in [3.63, 3.8) is 0 Å². The largest absolute Gasteiger partial charge is 0.455 e. The van der Waals surface area contributed by atoms with E-state index in [2.05, 4.69) is 430 Å². The van der Waals surface area contributed by atoms with E-state index in [1.807, 2.05) is 46.1 Å². The van der Waals surface area contributed by atoms with Crippen molar-refractivity contribution in [3.05, 3.63) is 412 Å². The average Bonchev–Trinajstić information content (AvgIpc) is 1.57. The quantitative estimate of drug-likeness (QED) is 0.145. The van der Waals surface area contributed by atoms with E-state index < -0.39 is 0 Å². The molecule has 0 atom stereocenters. The highest BCUT2D eigenvalue weighted by Crippen LogP contribution is 2.53. The zero-order valence-corrected chi connectivity index (χ0v) is 72.2. The molecule has 0 aliphatic carbocycles. The molecule has 4 heteroatoms. The summed E-state index contributed by atoms with van der Waals surface area (Å²) in [6.07, 6.45) is 0. The number of thiophene rings is 3.